The van der Waals surface area contributed by atoms with Crippen molar-refractivity contribution in [2.45, 2.75) is 12.8 Å². The predicted octanol–water partition coefficient (Wildman–Crippen LogP) is 12.5. The van der Waals surface area contributed by atoms with Crippen molar-refractivity contribution in [1.29, 1.82) is 0 Å². The molecule has 0 N–H and O–H groups in total. The fraction of sp³-hybridized carbons (Fsp3) is 0.0417. The third-order valence-corrected chi connectivity index (χ3v) is 10.2. The maximum Gasteiger partial charge on any atom is 0.106 e. The third kappa shape index (κ3) is 4.38. The van der Waals surface area contributed by atoms with Gasteiger partial charge in [0.25, 0.3) is 0 Å². The topological polar surface area (TPSA) is 9.86 Å². The second-order valence-corrected chi connectivity index (χ2v) is 13.1. The van der Waals surface area contributed by atoms with Gasteiger partial charge in [-0.05, 0) is 83.6 Å². The summed E-state index contributed by atoms with van der Waals surface area (Å²) in [5, 5.41) is 4.87. The normalized spacial score (nSPS) is 12.9. The van der Waals surface area contributed by atoms with Gasteiger partial charge in [-0.1, -0.05) is 133 Å². The van der Waals surface area contributed by atoms with Crippen LogP contribution < -0.4 is 0 Å². The van der Waals surface area contributed by atoms with Crippen LogP contribution in [-0.2, 0) is 0 Å². The monoisotopic (exact) mass is 636 g/mol. The van der Waals surface area contributed by atoms with Crippen LogP contribution in [0.1, 0.15) is 18.4 Å². The maximum absolute atomic E-state index is 3.64. The van der Waals surface area contributed by atoms with Crippen molar-refractivity contribution >= 4 is 49.2 Å². The Morgan fingerprint density at radius 1 is 0.540 bits per heavy atom. The molecular weight excluding hydrogens is 605 g/mol. The molecule has 2 heterocycles. The summed E-state index contributed by atoms with van der Waals surface area (Å²) < 4.78 is 4.90. The minimum Gasteiger partial charge on any atom is -0.309 e. The molecule has 0 spiro atoms. The molecule has 2 heteroatoms. The Morgan fingerprint density at radius 2 is 1.28 bits per heavy atom. The lowest BCUT2D eigenvalue weighted by Crippen LogP contribution is -2.01. The van der Waals surface area contributed by atoms with Crippen molar-refractivity contribution in [2.75, 3.05) is 0 Å². The van der Waals surface area contributed by atoms with E-state index < -0.39 is 0 Å². The number of hydrogen-bond donors (Lipinski definition) is 0. The van der Waals surface area contributed by atoms with E-state index in [1.54, 1.807) is 0 Å². The first-order chi connectivity index (χ1) is 24.8. The molecule has 50 heavy (non-hydrogen) atoms. The lowest BCUT2D eigenvalue weighted by Gasteiger charge is -2.19. The van der Waals surface area contributed by atoms with E-state index in [0.717, 1.165) is 35.3 Å². The van der Waals surface area contributed by atoms with Gasteiger partial charge in [0.05, 0.1) is 22.2 Å². The van der Waals surface area contributed by atoms with E-state index in [1.165, 1.54) is 65.9 Å². The standard InChI is InChI=1S/C48H32N2/c1-5-16-33(17-6-1)36-28-30-43(41(32-36)35-20-9-3-10-21-35)50-44-27-15-25-38(34-18-7-2-8-19-34)46(44)40-29-31-45-47(48(40)50)39-24-13-14-26-42(39)49(45)37-22-11-4-12-23-37/h1-9,11-14,16-20,22-26,28-32H,10,21H2. The first-order valence-electron chi connectivity index (χ1n) is 17.3. The van der Waals surface area contributed by atoms with Gasteiger partial charge < -0.3 is 9.13 Å². The zero-order chi connectivity index (χ0) is 33.0. The largest absolute Gasteiger partial charge is 0.309 e. The van der Waals surface area contributed by atoms with Crippen LogP contribution in [0, 0.1) is 12.1 Å². The molecule has 9 aromatic rings. The fourth-order valence-corrected chi connectivity index (χ4v) is 8.03. The number of para-hydroxylation sites is 2. The summed E-state index contributed by atoms with van der Waals surface area (Å²) in [6, 6.07) is 61.8. The molecule has 0 radical (unpaired) electrons. The molecule has 0 saturated heterocycles. The van der Waals surface area contributed by atoms with Crippen molar-refractivity contribution in [2.24, 2.45) is 0 Å². The van der Waals surface area contributed by atoms with Gasteiger partial charge in [0, 0.05) is 38.4 Å². The Kier molecular flexibility index (Phi) is 6.57. The van der Waals surface area contributed by atoms with E-state index in [1.807, 2.05) is 0 Å². The first kappa shape index (κ1) is 28.5. The van der Waals surface area contributed by atoms with Crippen molar-refractivity contribution in [1.82, 2.24) is 9.13 Å². The van der Waals surface area contributed by atoms with Gasteiger partial charge in [-0.25, -0.2) is 0 Å². The van der Waals surface area contributed by atoms with Crippen molar-refractivity contribution < 1.29 is 0 Å². The van der Waals surface area contributed by atoms with Crippen LogP contribution in [0.5, 0.6) is 0 Å². The van der Waals surface area contributed by atoms with Gasteiger partial charge in [-0.15, -0.1) is 0 Å². The van der Waals surface area contributed by atoms with Crippen LogP contribution in [0.2, 0.25) is 0 Å². The third-order valence-electron chi connectivity index (χ3n) is 10.2. The van der Waals surface area contributed by atoms with E-state index in [-0.39, 0.29) is 0 Å². The minimum atomic E-state index is 0.993. The Hall–Kier alpha value is -6.56. The minimum absolute atomic E-state index is 0.993. The van der Waals surface area contributed by atoms with Crippen molar-refractivity contribution in [3.63, 3.8) is 0 Å². The summed E-state index contributed by atoms with van der Waals surface area (Å²) in [6.45, 7) is 0. The van der Waals surface area contributed by atoms with E-state index in [9.17, 15) is 0 Å². The molecule has 0 saturated carbocycles. The molecule has 2 aromatic heterocycles. The molecule has 1 aliphatic carbocycles. The highest BCUT2D eigenvalue weighted by Crippen LogP contribution is 2.45. The number of rotatable bonds is 5. The van der Waals surface area contributed by atoms with Crippen LogP contribution >= 0.6 is 0 Å². The highest BCUT2D eigenvalue weighted by Gasteiger charge is 2.24. The molecular formula is C48H32N2. The van der Waals surface area contributed by atoms with Gasteiger partial charge in [0.15, 0.2) is 0 Å². The highest BCUT2D eigenvalue weighted by molar-refractivity contribution is 6.28. The summed E-state index contributed by atoms with van der Waals surface area (Å²) >= 11 is 0. The molecule has 0 atom stereocenters. The molecule has 0 fully saturated rings. The van der Waals surface area contributed by atoms with Gasteiger partial charge >= 0.3 is 0 Å². The summed E-state index contributed by atoms with van der Waals surface area (Å²) in [5.41, 5.74) is 14.3. The van der Waals surface area contributed by atoms with Crippen LogP contribution in [0.25, 0.3) is 82.8 Å². The first-order valence-corrected chi connectivity index (χ1v) is 17.3. The van der Waals surface area contributed by atoms with Crippen molar-refractivity contribution in [3.05, 3.63) is 188 Å². The van der Waals surface area contributed by atoms with E-state index >= 15 is 0 Å². The number of aromatic nitrogens is 2. The van der Waals surface area contributed by atoms with Crippen LogP contribution in [-0.4, -0.2) is 9.13 Å². The quantitative estimate of drug-likeness (QED) is 0.178. The number of allylic oxidation sites excluding steroid dienone is 4. The molecule has 0 bridgehead atoms. The Labute approximate surface area is 291 Å². The van der Waals surface area contributed by atoms with Gasteiger partial charge in [0.2, 0.25) is 0 Å². The summed E-state index contributed by atoms with van der Waals surface area (Å²) in [7, 11) is 0. The molecule has 2 nitrogen and oxygen atoms in total. The van der Waals surface area contributed by atoms with Crippen LogP contribution in [0.15, 0.2) is 170 Å². The summed E-state index contributed by atoms with van der Waals surface area (Å²) in [6.07, 6.45) is 8.80. The lowest BCUT2D eigenvalue weighted by atomic mass is 9.92. The highest BCUT2D eigenvalue weighted by atomic mass is 15.0. The molecule has 234 valence electrons. The number of fused-ring (bicyclic) bond motifs is 7. The zero-order valence-electron chi connectivity index (χ0n) is 27.5. The molecule has 0 amide bonds. The Balaban J connectivity index is 1.40. The van der Waals surface area contributed by atoms with E-state index in [4.69, 9.17) is 0 Å². The molecule has 10 rings (SSSR count). The molecule has 0 unspecified atom stereocenters. The second kappa shape index (κ2) is 11.5. The lowest BCUT2D eigenvalue weighted by molar-refractivity contribution is 1.05. The van der Waals surface area contributed by atoms with Crippen LogP contribution in [0.4, 0.5) is 0 Å². The second-order valence-electron chi connectivity index (χ2n) is 13.1. The number of benzene rings is 6. The summed E-state index contributed by atoms with van der Waals surface area (Å²) in [4.78, 5) is 0. The Morgan fingerprint density at radius 3 is 2.06 bits per heavy atom. The number of hydrogen-bond acceptors (Lipinski definition) is 0. The van der Waals surface area contributed by atoms with Gasteiger partial charge in [0.1, 0.15) is 5.52 Å². The van der Waals surface area contributed by atoms with Crippen molar-refractivity contribution in [3.8, 4) is 33.6 Å². The fourth-order valence-electron chi connectivity index (χ4n) is 8.03. The van der Waals surface area contributed by atoms with Gasteiger partial charge in [-0.3, -0.25) is 0 Å². The maximum atomic E-state index is 3.64. The van der Waals surface area contributed by atoms with E-state index in [0.29, 0.717) is 0 Å². The Bertz CT molecular complexity index is 2780. The smallest absolute Gasteiger partial charge is 0.106 e. The number of nitrogens with zero attached hydrogens (tertiary/aromatic N) is 2. The van der Waals surface area contributed by atoms with Crippen LogP contribution in [0.3, 0.4) is 0 Å². The average Bonchev–Trinajstić information content (AvgIpc) is 3.72. The summed E-state index contributed by atoms with van der Waals surface area (Å²) in [5.74, 6) is 0. The molecule has 7 aromatic carbocycles. The van der Waals surface area contributed by atoms with Gasteiger partial charge in [-0.2, -0.15) is 0 Å². The zero-order valence-corrected chi connectivity index (χ0v) is 27.5. The SMILES string of the molecule is c1cc(-c2ccccc2)c2c3ccc4c(c5ccccc5n4-c4ccccc4)c3n(-c3ccc(-c4ccccc4)cc3C3=CC=CCC3)c2c#1. The average molecular weight is 637 g/mol. The molecule has 1 aliphatic rings. The van der Waals surface area contributed by atoms with E-state index in [2.05, 4.69) is 191 Å². The molecule has 0 aliphatic heterocycles. The predicted molar refractivity (Wildman–Crippen MR) is 210 cm³/mol.